The molecule has 4 rings (SSSR count). The van der Waals surface area contributed by atoms with Crippen LogP contribution >= 0.6 is 0 Å². The molecule has 0 saturated carbocycles. The lowest BCUT2D eigenvalue weighted by Crippen LogP contribution is -2.54. The summed E-state index contributed by atoms with van der Waals surface area (Å²) in [7, 11) is 0. The number of hydrogen-bond acceptors (Lipinski definition) is 2. The second-order valence-electron chi connectivity index (χ2n) is 11.5. The molecule has 0 radical (unpaired) electrons. The van der Waals surface area contributed by atoms with Crippen LogP contribution in [-0.4, -0.2) is 28.3 Å². The van der Waals surface area contributed by atoms with Crippen molar-refractivity contribution in [2.75, 3.05) is 0 Å². The zero-order chi connectivity index (χ0) is 28.5. The lowest BCUT2D eigenvalue weighted by molar-refractivity contribution is -0.142. The van der Waals surface area contributed by atoms with E-state index in [0.29, 0.717) is 13.0 Å². The van der Waals surface area contributed by atoms with Crippen molar-refractivity contribution in [3.63, 3.8) is 0 Å². The van der Waals surface area contributed by atoms with E-state index < -0.39 is 11.6 Å². The number of nitrogens with zero attached hydrogens (tertiary/aromatic N) is 1. The quantitative estimate of drug-likeness (QED) is 0.237. The molecule has 0 heterocycles. The van der Waals surface area contributed by atoms with Crippen molar-refractivity contribution >= 4 is 11.8 Å². The molecule has 0 aromatic heterocycles. The Labute approximate surface area is 239 Å². The van der Waals surface area contributed by atoms with Crippen molar-refractivity contribution < 1.29 is 9.59 Å². The Bertz CT molecular complexity index is 1320. The number of amides is 2. The van der Waals surface area contributed by atoms with Gasteiger partial charge in [0.2, 0.25) is 11.8 Å². The van der Waals surface area contributed by atoms with Crippen LogP contribution in [0.1, 0.15) is 60.9 Å². The summed E-state index contributed by atoms with van der Waals surface area (Å²) >= 11 is 0. The van der Waals surface area contributed by atoms with Crippen molar-refractivity contribution in [3.8, 4) is 0 Å². The highest BCUT2D eigenvalue weighted by Gasteiger charge is 2.33. The number of carbonyl (C=O) groups is 2. The van der Waals surface area contributed by atoms with Gasteiger partial charge >= 0.3 is 0 Å². The van der Waals surface area contributed by atoms with E-state index in [1.54, 1.807) is 4.90 Å². The molecule has 4 aromatic carbocycles. The molecular weight excluding hydrogens is 492 g/mol. The van der Waals surface area contributed by atoms with Crippen LogP contribution < -0.4 is 5.32 Å². The maximum absolute atomic E-state index is 14.4. The predicted octanol–water partition coefficient (Wildman–Crippen LogP) is 7.07. The number of benzene rings is 4. The second kappa shape index (κ2) is 13.3. The van der Waals surface area contributed by atoms with E-state index in [9.17, 15) is 9.59 Å². The van der Waals surface area contributed by atoms with Crippen molar-refractivity contribution in [1.82, 2.24) is 10.2 Å². The molecule has 0 saturated heterocycles. The summed E-state index contributed by atoms with van der Waals surface area (Å²) in [5.74, 6) is -0.325. The number of nitrogens with one attached hydrogen (secondary N) is 1. The predicted molar refractivity (Wildman–Crippen MR) is 163 cm³/mol. The third kappa shape index (κ3) is 8.16. The first kappa shape index (κ1) is 28.8. The van der Waals surface area contributed by atoms with Crippen LogP contribution in [-0.2, 0) is 22.6 Å². The van der Waals surface area contributed by atoms with Crippen LogP contribution in [0.5, 0.6) is 0 Å². The Morgan fingerprint density at radius 1 is 0.700 bits per heavy atom. The Kier molecular flexibility index (Phi) is 9.55. The third-order valence-electron chi connectivity index (χ3n) is 7.03. The second-order valence-corrected chi connectivity index (χ2v) is 11.5. The summed E-state index contributed by atoms with van der Waals surface area (Å²) in [6, 6.07) is 37.8. The van der Waals surface area contributed by atoms with Crippen molar-refractivity contribution in [2.45, 2.75) is 64.6 Å². The van der Waals surface area contributed by atoms with Crippen LogP contribution in [0, 0.1) is 6.92 Å². The van der Waals surface area contributed by atoms with E-state index in [4.69, 9.17) is 0 Å². The Balaban J connectivity index is 1.74. The topological polar surface area (TPSA) is 49.4 Å². The lowest BCUT2D eigenvalue weighted by atomic mass is 9.87. The standard InChI is InChI=1S/C36H40N2O2/c1-27-20-22-29(23-21-27)26-38(33(35(40)37-36(2,3)4)24-28-14-8-5-9-15-28)34(39)25-32(30-16-10-6-11-17-30)31-18-12-7-13-19-31/h5-23,32-33H,24-26H2,1-4H3,(H,37,40). The highest BCUT2D eigenvalue weighted by molar-refractivity contribution is 5.89. The first-order valence-electron chi connectivity index (χ1n) is 14.0. The van der Waals surface area contributed by atoms with Crippen LogP contribution in [0.3, 0.4) is 0 Å². The van der Waals surface area contributed by atoms with Crippen molar-refractivity contribution in [3.05, 3.63) is 143 Å². The summed E-state index contributed by atoms with van der Waals surface area (Å²) < 4.78 is 0. The molecule has 40 heavy (non-hydrogen) atoms. The van der Waals surface area contributed by atoms with Gasteiger partial charge in [0, 0.05) is 30.8 Å². The molecule has 4 aromatic rings. The molecule has 206 valence electrons. The normalized spacial score (nSPS) is 12.1. The summed E-state index contributed by atoms with van der Waals surface area (Å²) in [6.45, 7) is 8.31. The Morgan fingerprint density at radius 2 is 1.20 bits per heavy atom. The molecule has 4 heteroatoms. The van der Waals surface area contributed by atoms with Crippen LogP contribution in [0.4, 0.5) is 0 Å². The Hall–Kier alpha value is -4.18. The van der Waals surface area contributed by atoms with Gasteiger partial charge in [-0.3, -0.25) is 9.59 Å². The van der Waals surface area contributed by atoms with Crippen LogP contribution in [0.25, 0.3) is 0 Å². The van der Waals surface area contributed by atoms with E-state index >= 15 is 0 Å². The van der Waals surface area contributed by atoms with Gasteiger partial charge in [-0.2, -0.15) is 0 Å². The highest BCUT2D eigenvalue weighted by atomic mass is 16.2. The van der Waals surface area contributed by atoms with Gasteiger partial charge in [0.1, 0.15) is 6.04 Å². The van der Waals surface area contributed by atoms with Crippen molar-refractivity contribution in [2.24, 2.45) is 0 Å². The number of aryl methyl sites for hydroxylation is 1. The fraction of sp³-hybridized carbons (Fsp3) is 0.278. The molecule has 1 unspecified atom stereocenters. The summed E-state index contributed by atoms with van der Waals surface area (Å²) in [4.78, 5) is 30.1. The monoisotopic (exact) mass is 532 g/mol. The van der Waals surface area contributed by atoms with Gasteiger partial charge in [0.25, 0.3) is 0 Å². The van der Waals surface area contributed by atoms with Crippen LogP contribution in [0.2, 0.25) is 0 Å². The minimum Gasteiger partial charge on any atom is -0.350 e. The van der Waals surface area contributed by atoms with Gasteiger partial charge in [-0.1, -0.05) is 121 Å². The third-order valence-corrected chi connectivity index (χ3v) is 7.03. The highest BCUT2D eigenvalue weighted by Crippen LogP contribution is 2.30. The lowest BCUT2D eigenvalue weighted by Gasteiger charge is -2.35. The fourth-order valence-electron chi connectivity index (χ4n) is 4.99. The zero-order valence-corrected chi connectivity index (χ0v) is 24.0. The molecular formula is C36H40N2O2. The number of hydrogen-bond donors (Lipinski definition) is 1. The molecule has 0 aliphatic heterocycles. The summed E-state index contributed by atoms with van der Waals surface area (Å²) in [6.07, 6.45) is 0.690. The first-order valence-corrected chi connectivity index (χ1v) is 14.0. The SMILES string of the molecule is Cc1ccc(CN(C(=O)CC(c2ccccc2)c2ccccc2)C(Cc2ccccc2)C(=O)NC(C)(C)C)cc1. The molecule has 0 aliphatic carbocycles. The average Bonchev–Trinajstić information content (AvgIpc) is 2.95. The molecule has 1 N–H and O–H groups in total. The van der Waals surface area contributed by atoms with Crippen LogP contribution in [0.15, 0.2) is 115 Å². The van der Waals surface area contributed by atoms with E-state index in [2.05, 4.69) is 41.7 Å². The summed E-state index contributed by atoms with van der Waals surface area (Å²) in [5, 5.41) is 3.15. The van der Waals surface area contributed by atoms with E-state index in [0.717, 1.165) is 27.8 Å². The Morgan fingerprint density at radius 3 is 1.70 bits per heavy atom. The summed E-state index contributed by atoms with van der Waals surface area (Å²) in [5.41, 5.74) is 4.90. The minimum atomic E-state index is -0.664. The maximum Gasteiger partial charge on any atom is 0.243 e. The first-order chi connectivity index (χ1) is 19.2. The van der Waals surface area contributed by atoms with E-state index in [1.165, 1.54) is 0 Å². The smallest absolute Gasteiger partial charge is 0.243 e. The van der Waals surface area contributed by atoms with Gasteiger partial charge in [-0.05, 0) is 49.9 Å². The van der Waals surface area contributed by atoms with Gasteiger partial charge in [-0.25, -0.2) is 0 Å². The molecule has 0 aliphatic rings. The zero-order valence-electron chi connectivity index (χ0n) is 24.0. The van der Waals surface area contributed by atoms with Gasteiger partial charge in [-0.15, -0.1) is 0 Å². The number of rotatable bonds is 10. The molecule has 0 fully saturated rings. The largest absolute Gasteiger partial charge is 0.350 e. The average molecular weight is 533 g/mol. The molecule has 0 spiro atoms. The van der Waals surface area contributed by atoms with E-state index in [-0.39, 0.29) is 24.2 Å². The fourth-order valence-corrected chi connectivity index (χ4v) is 4.99. The number of carbonyl (C=O) groups excluding carboxylic acids is 2. The van der Waals surface area contributed by atoms with Gasteiger partial charge < -0.3 is 10.2 Å². The van der Waals surface area contributed by atoms with E-state index in [1.807, 2.05) is 107 Å². The van der Waals surface area contributed by atoms with Gasteiger partial charge in [0.15, 0.2) is 0 Å². The molecule has 4 nitrogen and oxygen atoms in total. The van der Waals surface area contributed by atoms with Gasteiger partial charge in [0.05, 0.1) is 0 Å². The van der Waals surface area contributed by atoms with Crippen molar-refractivity contribution in [1.29, 1.82) is 0 Å². The molecule has 1 atom stereocenters. The molecule has 2 amide bonds. The molecule has 0 bridgehead atoms. The minimum absolute atomic E-state index is 0.0525. The maximum atomic E-state index is 14.4.